The Kier molecular flexibility index (Phi) is 6.24. The van der Waals surface area contributed by atoms with E-state index in [1.807, 2.05) is 12.1 Å². The Morgan fingerprint density at radius 1 is 1.36 bits per heavy atom. The minimum absolute atomic E-state index is 0.00783. The lowest BCUT2D eigenvalue weighted by Gasteiger charge is -2.11. The van der Waals surface area contributed by atoms with E-state index in [0.717, 1.165) is 11.1 Å². The lowest BCUT2D eigenvalue weighted by atomic mass is 10.1. The minimum Gasteiger partial charge on any atom is -0.496 e. The number of nitrogens with zero attached hydrogens (tertiary/aromatic N) is 2. The van der Waals surface area contributed by atoms with Crippen molar-refractivity contribution in [2.45, 2.75) is 6.61 Å². The van der Waals surface area contributed by atoms with Gasteiger partial charge in [-0.15, -0.1) is 0 Å². The first kappa shape index (κ1) is 18.1. The van der Waals surface area contributed by atoms with Crippen molar-refractivity contribution in [3.63, 3.8) is 0 Å². The summed E-state index contributed by atoms with van der Waals surface area (Å²) in [7, 11) is 1.56. The largest absolute Gasteiger partial charge is 0.496 e. The molecule has 2 aromatic carbocycles. The van der Waals surface area contributed by atoms with Gasteiger partial charge in [0.25, 0.3) is 5.69 Å². The molecule has 0 aliphatic carbocycles. The van der Waals surface area contributed by atoms with Gasteiger partial charge in [0.2, 0.25) is 0 Å². The van der Waals surface area contributed by atoms with Gasteiger partial charge in [0.05, 0.1) is 18.2 Å². The molecule has 3 N–H and O–H groups in total. The summed E-state index contributed by atoms with van der Waals surface area (Å²) in [5.41, 5.74) is 9.37. The second kappa shape index (κ2) is 8.60. The highest BCUT2D eigenvalue weighted by Gasteiger charge is 2.07. The van der Waals surface area contributed by atoms with E-state index in [1.165, 1.54) is 12.1 Å². The van der Waals surface area contributed by atoms with E-state index in [9.17, 15) is 10.1 Å². The molecule has 0 fully saturated rings. The Balaban J connectivity index is 2.09. The number of hydrogen-bond donors (Lipinski definition) is 2. The molecule has 2 rings (SSSR count). The van der Waals surface area contributed by atoms with Gasteiger partial charge in [0.1, 0.15) is 18.1 Å². The van der Waals surface area contributed by atoms with Crippen LogP contribution in [0.5, 0.6) is 11.5 Å². The molecule has 25 heavy (non-hydrogen) atoms. The van der Waals surface area contributed by atoms with Gasteiger partial charge in [-0.3, -0.25) is 15.5 Å². The molecule has 0 aromatic heterocycles. The molecule has 0 radical (unpaired) electrons. The average molecular weight is 360 g/mol. The molecular weight excluding hydrogens is 344 g/mol. The molecule has 0 saturated carbocycles. The topological polar surface area (TPSA) is 112 Å². The number of hydrogen-bond acceptors (Lipinski definition) is 6. The Bertz CT molecular complexity index is 793. The van der Waals surface area contributed by atoms with E-state index >= 15 is 0 Å². The SMILES string of the molecule is COc1ccc(C=NNC(N)=S)cc1COc1ccc([N+](=O)[O-])cc1. The predicted octanol–water partition coefficient (Wildman–Crippen LogP) is 2.35. The second-order valence-electron chi connectivity index (χ2n) is 4.85. The lowest BCUT2D eigenvalue weighted by Crippen LogP contribution is -2.24. The Labute approximate surface area is 149 Å². The van der Waals surface area contributed by atoms with Crippen molar-refractivity contribution in [3.05, 3.63) is 63.7 Å². The predicted molar refractivity (Wildman–Crippen MR) is 97.9 cm³/mol. The van der Waals surface area contributed by atoms with Gasteiger partial charge in [-0.2, -0.15) is 5.10 Å². The third kappa shape index (κ3) is 5.43. The van der Waals surface area contributed by atoms with Crippen LogP contribution in [-0.2, 0) is 6.61 Å². The highest BCUT2D eigenvalue weighted by Crippen LogP contribution is 2.23. The average Bonchev–Trinajstić information content (AvgIpc) is 2.60. The summed E-state index contributed by atoms with van der Waals surface area (Å²) in [6, 6.07) is 11.3. The first-order valence-electron chi connectivity index (χ1n) is 7.12. The van der Waals surface area contributed by atoms with Crippen molar-refractivity contribution < 1.29 is 14.4 Å². The molecule has 0 spiro atoms. The fourth-order valence-electron chi connectivity index (χ4n) is 1.99. The summed E-state index contributed by atoms with van der Waals surface area (Å²) in [5, 5.41) is 14.6. The highest BCUT2D eigenvalue weighted by atomic mass is 32.1. The lowest BCUT2D eigenvalue weighted by molar-refractivity contribution is -0.384. The second-order valence-corrected chi connectivity index (χ2v) is 5.29. The Morgan fingerprint density at radius 3 is 2.68 bits per heavy atom. The zero-order valence-corrected chi connectivity index (χ0v) is 14.2. The van der Waals surface area contributed by atoms with Crippen molar-refractivity contribution in [1.82, 2.24) is 5.43 Å². The molecule has 0 aliphatic rings. The van der Waals surface area contributed by atoms with Crippen molar-refractivity contribution in [2.75, 3.05) is 7.11 Å². The van der Waals surface area contributed by atoms with E-state index < -0.39 is 4.92 Å². The molecule has 0 heterocycles. The molecule has 9 heteroatoms. The van der Waals surface area contributed by atoms with Crippen LogP contribution in [0.2, 0.25) is 0 Å². The zero-order chi connectivity index (χ0) is 18.2. The molecule has 130 valence electrons. The molecule has 8 nitrogen and oxygen atoms in total. The molecule has 2 aromatic rings. The van der Waals surface area contributed by atoms with Crippen LogP contribution in [0.15, 0.2) is 47.6 Å². The Hall–Kier alpha value is -3.20. The third-order valence-electron chi connectivity index (χ3n) is 3.13. The summed E-state index contributed by atoms with van der Waals surface area (Å²) in [6.07, 6.45) is 1.56. The van der Waals surface area contributed by atoms with E-state index in [0.29, 0.717) is 11.5 Å². The number of non-ortho nitro benzene ring substituents is 1. The molecule has 0 amide bonds. The van der Waals surface area contributed by atoms with E-state index in [1.54, 1.807) is 31.5 Å². The zero-order valence-electron chi connectivity index (χ0n) is 13.3. The number of hydrazone groups is 1. The number of nitrogens with two attached hydrogens (primary N) is 1. The van der Waals surface area contributed by atoms with E-state index in [-0.39, 0.29) is 17.4 Å². The summed E-state index contributed by atoms with van der Waals surface area (Å²) in [6.45, 7) is 0.228. The van der Waals surface area contributed by atoms with Gasteiger partial charge in [0, 0.05) is 17.7 Å². The van der Waals surface area contributed by atoms with Crippen LogP contribution >= 0.6 is 12.2 Å². The number of nitro groups is 1. The van der Waals surface area contributed by atoms with Crippen LogP contribution in [0, 0.1) is 10.1 Å². The smallest absolute Gasteiger partial charge is 0.269 e. The number of nitrogens with one attached hydrogen (secondary N) is 1. The van der Waals surface area contributed by atoms with Crippen molar-refractivity contribution in [2.24, 2.45) is 10.8 Å². The number of nitro benzene ring substituents is 1. The number of benzene rings is 2. The molecular formula is C16H16N4O4S. The summed E-state index contributed by atoms with van der Waals surface area (Å²) in [5.74, 6) is 1.17. The van der Waals surface area contributed by atoms with Gasteiger partial charge >= 0.3 is 0 Å². The van der Waals surface area contributed by atoms with Gasteiger partial charge in [0.15, 0.2) is 5.11 Å². The third-order valence-corrected chi connectivity index (χ3v) is 3.23. The fraction of sp³-hybridized carbons (Fsp3) is 0.125. The number of thiocarbonyl (C=S) groups is 1. The van der Waals surface area contributed by atoms with Gasteiger partial charge in [-0.05, 0) is 48.1 Å². The summed E-state index contributed by atoms with van der Waals surface area (Å²) in [4.78, 5) is 10.2. The van der Waals surface area contributed by atoms with Crippen LogP contribution in [0.1, 0.15) is 11.1 Å². The van der Waals surface area contributed by atoms with Crippen LogP contribution in [0.3, 0.4) is 0 Å². The number of ether oxygens (including phenoxy) is 2. The van der Waals surface area contributed by atoms with Crippen molar-refractivity contribution >= 4 is 29.2 Å². The van der Waals surface area contributed by atoms with E-state index in [4.69, 9.17) is 15.2 Å². The standard InChI is InChI=1S/C16H16N4O4S/c1-23-15-7-2-11(9-18-19-16(17)25)8-12(15)10-24-14-5-3-13(4-6-14)20(21)22/h2-9H,10H2,1H3,(H3,17,19,25). The van der Waals surface area contributed by atoms with Gasteiger partial charge in [-0.1, -0.05) is 0 Å². The molecule has 0 aliphatic heterocycles. The number of methoxy groups -OCH3 is 1. The van der Waals surface area contributed by atoms with Crippen LogP contribution < -0.4 is 20.6 Å². The normalized spacial score (nSPS) is 10.4. The van der Waals surface area contributed by atoms with Crippen LogP contribution in [0.25, 0.3) is 0 Å². The molecule has 0 unspecified atom stereocenters. The quantitative estimate of drug-likeness (QED) is 0.337. The maximum Gasteiger partial charge on any atom is 0.269 e. The van der Waals surface area contributed by atoms with Crippen LogP contribution in [-0.4, -0.2) is 23.4 Å². The molecule has 0 bridgehead atoms. The fourth-order valence-corrected chi connectivity index (χ4v) is 2.04. The van der Waals surface area contributed by atoms with Crippen molar-refractivity contribution in [1.29, 1.82) is 0 Å². The number of rotatable bonds is 7. The van der Waals surface area contributed by atoms with Gasteiger partial charge in [-0.25, -0.2) is 0 Å². The monoisotopic (exact) mass is 360 g/mol. The maximum absolute atomic E-state index is 10.7. The highest BCUT2D eigenvalue weighted by molar-refractivity contribution is 7.80. The Morgan fingerprint density at radius 2 is 2.08 bits per heavy atom. The minimum atomic E-state index is -0.462. The maximum atomic E-state index is 10.7. The summed E-state index contributed by atoms with van der Waals surface area (Å²) < 4.78 is 11.0. The van der Waals surface area contributed by atoms with Gasteiger partial charge < -0.3 is 15.2 Å². The summed E-state index contributed by atoms with van der Waals surface area (Å²) >= 11 is 4.67. The molecule has 0 saturated heterocycles. The molecule has 0 atom stereocenters. The van der Waals surface area contributed by atoms with Crippen molar-refractivity contribution in [3.8, 4) is 11.5 Å². The first-order valence-corrected chi connectivity index (χ1v) is 7.53. The van der Waals surface area contributed by atoms with E-state index in [2.05, 4.69) is 22.7 Å². The van der Waals surface area contributed by atoms with Crippen LogP contribution in [0.4, 0.5) is 5.69 Å². The first-order chi connectivity index (χ1) is 12.0.